The molecule has 0 aromatic rings. The normalized spacial score (nSPS) is 8.55. The summed E-state index contributed by atoms with van der Waals surface area (Å²) in [5.41, 5.74) is 0. The second-order valence-electron chi connectivity index (χ2n) is 2.20. The van der Waals surface area contributed by atoms with Crippen molar-refractivity contribution in [2.45, 2.75) is 26.7 Å². The van der Waals surface area contributed by atoms with Gasteiger partial charge in [-0.1, -0.05) is 25.6 Å². The van der Waals surface area contributed by atoms with E-state index in [1.54, 1.807) is 4.90 Å². The first-order chi connectivity index (χ1) is 4.72. The van der Waals surface area contributed by atoms with Gasteiger partial charge in [0.25, 0.3) is 0 Å². The maximum Gasteiger partial charge on any atom is 1.00 e. The van der Waals surface area contributed by atoms with E-state index in [0.717, 1.165) is 25.9 Å². The van der Waals surface area contributed by atoms with E-state index in [4.69, 9.17) is 0 Å². The third-order valence-corrected chi connectivity index (χ3v) is 1.68. The Morgan fingerprint density at radius 3 is 2.27 bits per heavy atom. The molecule has 0 spiro atoms. The van der Waals surface area contributed by atoms with Crippen LogP contribution in [-0.4, -0.2) is 23.2 Å². The van der Waals surface area contributed by atoms with Gasteiger partial charge in [-0.2, -0.15) is 0 Å². The maximum absolute atomic E-state index is 10.6. The van der Waals surface area contributed by atoms with Gasteiger partial charge < -0.3 is 10.0 Å². The molecule has 0 bridgehead atoms. The number of thiocarbonyl (C=S) groups is 1. The fourth-order valence-electron chi connectivity index (χ4n) is 0.727. The van der Waals surface area contributed by atoms with Crippen LogP contribution in [-0.2, 0) is 0 Å². The van der Waals surface area contributed by atoms with Gasteiger partial charge in [-0.25, -0.2) is 0 Å². The second kappa shape index (κ2) is 8.78. The van der Waals surface area contributed by atoms with E-state index in [1.165, 1.54) is 0 Å². The van der Waals surface area contributed by atoms with E-state index in [9.17, 15) is 5.11 Å². The Bertz CT molecular complexity index is 111. The van der Waals surface area contributed by atoms with Crippen LogP contribution in [0.1, 0.15) is 26.7 Å². The van der Waals surface area contributed by atoms with Crippen molar-refractivity contribution >= 4 is 17.4 Å². The van der Waals surface area contributed by atoms with Crippen LogP contribution in [0.2, 0.25) is 0 Å². The summed E-state index contributed by atoms with van der Waals surface area (Å²) in [7, 11) is 0. The van der Waals surface area contributed by atoms with Crippen LogP contribution in [0, 0.1) is 0 Å². The van der Waals surface area contributed by atoms with E-state index < -0.39 is 0 Å². The Morgan fingerprint density at radius 2 is 2.00 bits per heavy atom. The fraction of sp³-hybridized carbons (Fsp3) is 0.857. The quantitative estimate of drug-likeness (QED) is 0.364. The summed E-state index contributed by atoms with van der Waals surface area (Å²) in [6, 6.07) is 0. The molecular formula is C7H14NNaOS. The molecule has 11 heavy (non-hydrogen) atoms. The van der Waals surface area contributed by atoms with Crippen LogP contribution >= 0.6 is 12.2 Å². The zero-order valence-electron chi connectivity index (χ0n) is 7.59. The van der Waals surface area contributed by atoms with Gasteiger partial charge in [0.2, 0.25) is 0 Å². The van der Waals surface area contributed by atoms with Crippen LogP contribution in [0.5, 0.6) is 0 Å². The summed E-state index contributed by atoms with van der Waals surface area (Å²) >= 11 is 4.50. The minimum atomic E-state index is -0.226. The molecule has 4 heteroatoms. The van der Waals surface area contributed by atoms with Gasteiger partial charge in [0, 0.05) is 18.3 Å². The zero-order valence-corrected chi connectivity index (χ0v) is 10.4. The number of nitrogens with zero attached hydrogens (tertiary/aromatic N) is 1. The average Bonchev–Trinajstić information content (AvgIpc) is 1.89. The largest absolute Gasteiger partial charge is 1.00 e. The van der Waals surface area contributed by atoms with Crippen molar-refractivity contribution in [2.24, 2.45) is 0 Å². The van der Waals surface area contributed by atoms with Crippen molar-refractivity contribution < 1.29 is 34.7 Å². The maximum atomic E-state index is 10.6. The summed E-state index contributed by atoms with van der Waals surface area (Å²) in [4.78, 5) is 1.68. The number of hydrogen-bond acceptors (Lipinski definition) is 2. The van der Waals surface area contributed by atoms with E-state index >= 15 is 0 Å². The standard InChI is InChI=1S/C7H15NOS.Na/c1-3-5-6-8(4-2)7(9)10;/h3-6H2,1-2H3,(H,9,10);/q;+1/p-1. The van der Waals surface area contributed by atoms with Crippen molar-refractivity contribution in [3.05, 3.63) is 0 Å². The predicted octanol–water partition coefficient (Wildman–Crippen LogP) is -2.24. The smallest absolute Gasteiger partial charge is 0.852 e. The first-order valence-corrected chi connectivity index (χ1v) is 4.09. The molecule has 0 rings (SSSR count). The molecule has 0 radical (unpaired) electrons. The van der Waals surface area contributed by atoms with Crippen LogP contribution in [0.25, 0.3) is 0 Å². The molecule has 2 nitrogen and oxygen atoms in total. The Balaban J connectivity index is 0. The molecular weight excluding hydrogens is 169 g/mol. The monoisotopic (exact) mass is 183 g/mol. The van der Waals surface area contributed by atoms with Gasteiger partial charge in [-0.3, -0.25) is 0 Å². The topological polar surface area (TPSA) is 26.3 Å². The molecule has 0 aliphatic heterocycles. The molecule has 0 heterocycles. The summed E-state index contributed by atoms with van der Waals surface area (Å²) in [6.45, 7) is 5.60. The minimum absolute atomic E-state index is 0. The van der Waals surface area contributed by atoms with Gasteiger partial charge in [-0.05, 0) is 13.3 Å². The fourth-order valence-corrected chi connectivity index (χ4v) is 0.948. The minimum Gasteiger partial charge on any atom is -0.852 e. The van der Waals surface area contributed by atoms with Crippen molar-refractivity contribution in [3.63, 3.8) is 0 Å². The Kier molecular flexibility index (Phi) is 11.4. The number of unbranched alkanes of at least 4 members (excludes halogenated alkanes) is 1. The second-order valence-corrected chi connectivity index (χ2v) is 2.55. The molecule has 0 unspecified atom stereocenters. The molecule has 0 atom stereocenters. The molecule has 0 saturated heterocycles. The number of rotatable bonds is 4. The zero-order chi connectivity index (χ0) is 7.98. The third-order valence-electron chi connectivity index (χ3n) is 1.42. The average molecular weight is 183 g/mol. The summed E-state index contributed by atoms with van der Waals surface area (Å²) in [5.74, 6) is 0. The van der Waals surface area contributed by atoms with Gasteiger partial charge in [0.05, 0.1) is 0 Å². The van der Waals surface area contributed by atoms with E-state index in [1.807, 2.05) is 6.92 Å². The van der Waals surface area contributed by atoms with Crippen molar-refractivity contribution in [2.75, 3.05) is 13.1 Å². The van der Waals surface area contributed by atoms with E-state index in [2.05, 4.69) is 19.1 Å². The van der Waals surface area contributed by atoms with Gasteiger partial charge in [-0.15, -0.1) is 0 Å². The van der Waals surface area contributed by atoms with Gasteiger partial charge in [0.1, 0.15) is 0 Å². The first-order valence-electron chi connectivity index (χ1n) is 3.68. The molecule has 0 aliphatic carbocycles. The van der Waals surface area contributed by atoms with Gasteiger partial charge in [0.15, 0.2) is 0 Å². The van der Waals surface area contributed by atoms with E-state index in [0.29, 0.717) is 0 Å². The van der Waals surface area contributed by atoms with Crippen LogP contribution in [0.15, 0.2) is 0 Å². The summed E-state index contributed by atoms with van der Waals surface area (Å²) in [6.07, 6.45) is 2.16. The summed E-state index contributed by atoms with van der Waals surface area (Å²) in [5, 5.41) is 10.4. The van der Waals surface area contributed by atoms with Crippen LogP contribution < -0.4 is 34.7 Å². The van der Waals surface area contributed by atoms with Crippen molar-refractivity contribution in [1.82, 2.24) is 4.90 Å². The Hall–Kier alpha value is 0.690. The SMILES string of the molecule is CCCCN(CC)C([O-])=S.[Na+]. The van der Waals surface area contributed by atoms with Crippen LogP contribution in [0.4, 0.5) is 0 Å². The van der Waals surface area contributed by atoms with Crippen molar-refractivity contribution in [3.8, 4) is 0 Å². The van der Waals surface area contributed by atoms with Gasteiger partial charge >= 0.3 is 29.6 Å². The Morgan fingerprint density at radius 1 is 1.45 bits per heavy atom. The molecule has 0 aliphatic rings. The van der Waals surface area contributed by atoms with Crippen LogP contribution in [0.3, 0.4) is 0 Å². The summed E-state index contributed by atoms with van der Waals surface area (Å²) < 4.78 is 0. The molecule has 0 amide bonds. The molecule has 0 saturated carbocycles. The predicted molar refractivity (Wildman–Crippen MR) is 44.8 cm³/mol. The molecule has 60 valence electrons. The van der Waals surface area contributed by atoms with Crippen molar-refractivity contribution in [1.29, 1.82) is 0 Å². The first kappa shape index (κ1) is 14.2. The molecule has 0 aromatic heterocycles. The number of hydrogen-bond donors (Lipinski definition) is 0. The Labute approximate surface area is 96.3 Å². The molecule has 0 N–H and O–H groups in total. The third kappa shape index (κ3) is 7.06. The van der Waals surface area contributed by atoms with E-state index in [-0.39, 0.29) is 34.7 Å². The molecule has 0 aromatic carbocycles. The molecule has 0 fully saturated rings.